The molecule has 0 atom stereocenters. The molecule has 2 aromatic rings. The highest BCUT2D eigenvalue weighted by atomic mass is 16.5. The molecule has 2 aromatic carbocycles. The Morgan fingerprint density at radius 1 is 0.963 bits per heavy atom. The SMILES string of the molecule is COCCOc1cccc(NC(=O)CNc2cccc(OCC(C)C)c2)c1. The zero-order valence-corrected chi connectivity index (χ0v) is 16.2. The number of rotatable bonds is 11. The Kier molecular flexibility index (Phi) is 8.45. The molecule has 0 fully saturated rings. The van der Waals surface area contributed by atoms with Gasteiger partial charge in [0.05, 0.1) is 19.8 Å². The molecule has 6 heteroatoms. The lowest BCUT2D eigenvalue weighted by atomic mass is 10.2. The van der Waals surface area contributed by atoms with Crippen molar-refractivity contribution in [3.63, 3.8) is 0 Å². The molecular weight excluding hydrogens is 344 g/mol. The molecule has 0 unspecified atom stereocenters. The molecule has 0 aromatic heterocycles. The van der Waals surface area contributed by atoms with Crippen LogP contribution in [0, 0.1) is 5.92 Å². The first-order chi connectivity index (χ1) is 13.1. The van der Waals surface area contributed by atoms with Crippen molar-refractivity contribution in [3.05, 3.63) is 48.5 Å². The summed E-state index contributed by atoms with van der Waals surface area (Å²) in [5.74, 6) is 1.79. The van der Waals surface area contributed by atoms with Gasteiger partial charge in [0.15, 0.2) is 0 Å². The second-order valence-electron chi connectivity index (χ2n) is 6.50. The van der Waals surface area contributed by atoms with E-state index in [1.54, 1.807) is 13.2 Å². The van der Waals surface area contributed by atoms with E-state index in [0.29, 0.717) is 37.2 Å². The highest BCUT2D eigenvalue weighted by molar-refractivity contribution is 5.93. The van der Waals surface area contributed by atoms with Crippen molar-refractivity contribution in [1.82, 2.24) is 0 Å². The van der Waals surface area contributed by atoms with Gasteiger partial charge in [-0.2, -0.15) is 0 Å². The van der Waals surface area contributed by atoms with Crippen LogP contribution < -0.4 is 20.1 Å². The Balaban J connectivity index is 1.82. The quantitative estimate of drug-likeness (QED) is 0.587. The molecule has 6 nitrogen and oxygen atoms in total. The van der Waals surface area contributed by atoms with Gasteiger partial charge in [-0.25, -0.2) is 0 Å². The van der Waals surface area contributed by atoms with Crippen LogP contribution in [0.3, 0.4) is 0 Å². The zero-order valence-electron chi connectivity index (χ0n) is 16.2. The van der Waals surface area contributed by atoms with E-state index >= 15 is 0 Å². The average molecular weight is 372 g/mol. The van der Waals surface area contributed by atoms with Crippen LogP contribution in [0.15, 0.2) is 48.5 Å². The molecule has 0 heterocycles. The smallest absolute Gasteiger partial charge is 0.243 e. The Hall–Kier alpha value is -2.73. The van der Waals surface area contributed by atoms with Crippen molar-refractivity contribution >= 4 is 17.3 Å². The summed E-state index contributed by atoms with van der Waals surface area (Å²) in [5.41, 5.74) is 1.52. The van der Waals surface area contributed by atoms with Gasteiger partial charge in [0.25, 0.3) is 0 Å². The minimum absolute atomic E-state index is 0.141. The van der Waals surface area contributed by atoms with Gasteiger partial charge in [-0.15, -0.1) is 0 Å². The summed E-state index contributed by atoms with van der Waals surface area (Å²) in [6.45, 7) is 5.99. The Bertz CT molecular complexity index is 719. The average Bonchev–Trinajstić information content (AvgIpc) is 2.66. The van der Waals surface area contributed by atoms with Crippen LogP contribution in [-0.2, 0) is 9.53 Å². The van der Waals surface area contributed by atoms with Crippen LogP contribution in [0.1, 0.15) is 13.8 Å². The maximum Gasteiger partial charge on any atom is 0.243 e. The van der Waals surface area contributed by atoms with E-state index in [4.69, 9.17) is 14.2 Å². The maximum absolute atomic E-state index is 12.2. The first-order valence-electron chi connectivity index (χ1n) is 9.05. The van der Waals surface area contributed by atoms with Crippen LogP contribution in [0.25, 0.3) is 0 Å². The van der Waals surface area contributed by atoms with Gasteiger partial charge in [0, 0.05) is 30.6 Å². The van der Waals surface area contributed by atoms with Crippen LogP contribution in [0.5, 0.6) is 11.5 Å². The lowest BCUT2D eigenvalue weighted by Crippen LogP contribution is -2.21. The van der Waals surface area contributed by atoms with Crippen molar-refractivity contribution in [3.8, 4) is 11.5 Å². The number of methoxy groups -OCH3 is 1. The third kappa shape index (κ3) is 8.00. The van der Waals surface area contributed by atoms with Crippen molar-refractivity contribution in [2.45, 2.75) is 13.8 Å². The summed E-state index contributed by atoms with van der Waals surface area (Å²) in [7, 11) is 1.62. The molecule has 0 radical (unpaired) electrons. The number of hydrogen-bond donors (Lipinski definition) is 2. The summed E-state index contributed by atoms with van der Waals surface area (Å²) in [6, 6.07) is 14.9. The lowest BCUT2D eigenvalue weighted by Gasteiger charge is -2.12. The van der Waals surface area contributed by atoms with E-state index < -0.39 is 0 Å². The summed E-state index contributed by atoms with van der Waals surface area (Å²) in [6.07, 6.45) is 0. The minimum Gasteiger partial charge on any atom is -0.493 e. The highest BCUT2D eigenvalue weighted by Gasteiger charge is 2.05. The fourth-order valence-electron chi connectivity index (χ4n) is 2.25. The number of anilines is 2. The first-order valence-corrected chi connectivity index (χ1v) is 9.05. The fourth-order valence-corrected chi connectivity index (χ4v) is 2.25. The summed E-state index contributed by atoms with van der Waals surface area (Å²) in [4.78, 5) is 12.2. The monoisotopic (exact) mass is 372 g/mol. The summed E-state index contributed by atoms with van der Waals surface area (Å²) in [5, 5.41) is 5.96. The maximum atomic E-state index is 12.2. The van der Waals surface area contributed by atoms with E-state index in [1.807, 2.05) is 42.5 Å². The standard InChI is InChI=1S/C21H28N2O4/c1-16(2)15-27-20-9-4-6-17(12-20)22-14-21(24)23-18-7-5-8-19(13-18)26-11-10-25-3/h4-9,12-13,16,22H,10-11,14-15H2,1-3H3,(H,23,24). The second kappa shape index (κ2) is 11.1. The van der Waals surface area contributed by atoms with Crippen LogP contribution in [0.2, 0.25) is 0 Å². The van der Waals surface area contributed by atoms with E-state index in [9.17, 15) is 4.79 Å². The van der Waals surface area contributed by atoms with Gasteiger partial charge < -0.3 is 24.8 Å². The van der Waals surface area contributed by atoms with E-state index in [1.165, 1.54) is 0 Å². The Morgan fingerprint density at radius 2 is 1.63 bits per heavy atom. The number of amides is 1. The molecule has 0 aliphatic heterocycles. The summed E-state index contributed by atoms with van der Waals surface area (Å²) >= 11 is 0. The van der Waals surface area contributed by atoms with Crippen LogP contribution in [0.4, 0.5) is 11.4 Å². The number of ether oxygens (including phenoxy) is 3. The topological polar surface area (TPSA) is 68.8 Å². The van der Waals surface area contributed by atoms with Gasteiger partial charge in [-0.05, 0) is 30.2 Å². The van der Waals surface area contributed by atoms with Crippen molar-refractivity contribution in [2.75, 3.05) is 44.1 Å². The van der Waals surface area contributed by atoms with Crippen molar-refractivity contribution < 1.29 is 19.0 Å². The van der Waals surface area contributed by atoms with Crippen molar-refractivity contribution in [2.24, 2.45) is 5.92 Å². The van der Waals surface area contributed by atoms with E-state index in [-0.39, 0.29) is 12.5 Å². The Morgan fingerprint density at radius 3 is 2.33 bits per heavy atom. The lowest BCUT2D eigenvalue weighted by molar-refractivity contribution is -0.114. The largest absolute Gasteiger partial charge is 0.493 e. The normalized spacial score (nSPS) is 10.5. The second-order valence-corrected chi connectivity index (χ2v) is 6.50. The third-order valence-corrected chi connectivity index (χ3v) is 3.54. The molecule has 146 valence electrons. The zero-order chi connectivity index (χ0) is 19.5. The molecule has 0 saturated heterocycles. The van der Waals surface area contributed by atoms with Gasteiger partial charge in [-0.1, -0.05) is 26.0 Å². The predicted octanol–water partition coefficient (Wildman–Crippen LogP) is 3.80. The highest BCUT2D eigenvalue weighted by Crippen LogP contribution is 2.19. The van der Waals surface area contributed by atoms with Crippen molar-refractivity contribution in [1.29, 1.82) is 0 Å². The van der Waals surface area contributed by atoms with E-state index in [0.717, 1.165) is 11.4 Å². The van der Waals surface area contributed by atoms with Gasteiger partial charge in [0.1, 0.15) is 18.1 Å². The number of benzene rings is 2. The molecule has 0 spiro atoms. The Labute approximate surface area is 160 Å². The number of carbonyl (C=O) groups excluding carboxylic acids is 1. The molecule has 0 aliphatic carbocycles. The molecule has 0 aliphatic rings. The third-order valence-electron chi connectivity index (χ3n) is 3.54. The molecule has 0 saturated carbocycles. The number of carbonyl (C=O) groups is 1. The predicted molar refractivity (Wildman–Crippen MR) is 108 cm³/mol. The molecule has 1 amide bonds. The minimum atomic E-state index is -0.141. The molecule has 0 bridgehead atoms. The van der Waals surface area contributed by atoms with Gasteiger partial charge in [-0.3, -0.25) is 4.79 Å². The van der Waals surface area contributed by atoms with Crippen LogP contribution >= 0.6 is 0 Å². The van der Waals surface area contributed by atoms with Gasteiger partial charge in [0.2, 0.25) is 5.91 Å². The fraction of sp³-hybridized carbons (Fsp3) is 0.381. The van der Waals surface area contributed by atoms with E-state index in [2.05, 4.69) is 24.5 Å². The number of nitrogens with one attached hydrogen (secondary N) is 2. The van der Waals surface area contributed by atoms with Crippen LogP contribution in [-0.4, -0.2) is 39.4 Å². The molecule has 2 N–H and O–H groups in total. The molecule has 27 heavy (non-hydrogen) atoms. The molecule has 2 rings (SSSR count). The van der Waals surface area contributed by atoms with Gasteiger partial charge >= 0.3 is 0 Å². The molecular formula is C21H28N2O4. The summed E-state index contributed by atoms with van der Waals surface area (Å²) < 4.78 is 16.2. The first kappa shape index (κ1) is 20.6. The number of hydrogen-bond acceptors (Lipinski definition) is 5.